The van der Waals surface area contributed by atoms with Gasteiger partial charge in [-0.15, -0.1) is 0 Å². The lowest BCUT2D eigenvalue weighted by Crippen LogP contribution is -1.95. The van der Waals surface area contributed by atoms with Crippen LogP contribution in [0, 0.1) is 0 Å². The normalized spacial score (nSPS) is 13.9. The Hall–Kier alpha value is 1.37. The quantitative estimate of drug-likeness (QED) is 0.631. The zero-order chi connectivity index (χ0) is 7.71. The summed E-state index contributed by atoms with van der Waals surface area (Å²) in [5.74, 6) is 0. The fourth-order valence-electron chi connectivity index (χ4n) is 0.121. The Balaban J connectivity index is 3.90. The minimum Gasteiger partial charge on any atom is -0.160 e. The molecule has 0 aromatic carbocycles. The van der Waals surface area contributed by atoms with Gasteiger partial charge in [-0.1, -0.05) is 34.3 Å². The lowest BCUT2D eigenvalue weighted by Gasteiger charge is -2.06. The molecule has 0 aliphatic rings. The van der Waals surface area contributed by atoms with Gasteiger partial charge in [-0.2, -0.15) is 13.2 Å². The van der Waals surface area contributed by atoms with Crippen LogP contribution >= 0.6 is 37.8 Å². The first kappa shape index (κ1) is 10.4. The van der Waals surface area contributed by atoms with Crippen molar-refractivity contribution in [1.82, 2.24) is 0 Å². The summed E-state index contributed by atoms with van der Waals surface area (Å²) in [5.41, 5.74) is -4.42. The fraction of sp³-hybridized carbons (Fsp3) is 1.00. The number of hydrogen-bond acceptors (Lipinski definition) is 2. The van der Waals surface area contributed by atoms with Gasteiger partial charge >= 0.3 is 5.51 Å². The Bertz CT molecular complexity index is 137. The third kappa shape index (κ3) is 9.37. The van der Waals surface area contributed by atoms with Crippen LogP contribution in [0.15, 0.2) is 0 Å². The Morgan fingerprint density at radius 1 is 1.33 bits per heavy atom. The molecule has 0 amide bonds. The monoisotopic (exact) mass is 234 g/mol. The first-order valence-electron chi connectivity index (χ1n) is 1.47. The Labute approximate surface area is 68.4 Å². The lowest BCUT2D eigenvalue weighted by molar-refractivity contribution is -0.0311. The molecule has 0 aliphatic carbocycles. The summed E-state index contributed by atoms with van der Waals surface area (Å²) in [7, 11) is 0. The van der Waals surface area contributed by atoms with Crippen molar-refractivity contribution in [3.63, 3.8) is 0 Å². The van der Waals surface area contributed by atoms with Crippen LogP contribution in [-0.2, 0) is 11.8 Å². The standard InChI is InChI=1S/CCl2F3PS2/c2-7(3,8)9-1(4,5)6. The molecule has 0 N–H and O–H groups in total. The number of hydrogen-bond donors (Lipinski definition) is 0. The van der Waals surface area contributed by atoms with Crippen LogP contribution < -0.4 is 0 Å². The molecular formula is CCl2F3PS2. The minimum atomic E-state index is -4.42. The first-order valence-corrected chi connectivity index (χ1v) is 7.51. The summed E-state index contributed by atoms with van der Waals surface area (Å²) >= 11 is 13.5. The molecule has 0 atom stereocenters. The summed E-state index contributed by atoms with van der Waals surface area (Å²) in [4.78, 5) is 0. The predicted molar refractivity (Wildman–Crippen MR) is 39.6 cm³/mol. The van der Waals surface area contributed by atoms with E-state index in [0.29, 0.717) is 0 Å². The maximum atomic E-state index is 11.3. The average molecular weight is 235 g/mol. The highest BCUT2D eigenvalue weighted by Crippen LogP contribution is 2.72. The van der Waals surface area contributed by atoms with E-state index in [4.69, 9.17) is 22.5 Å². The van der Waals surface area contributed by atoms with Crippen molar-refractivity contribution >= 4 is 49.6 Å². The van der Waals surface area contributed by atoms with Gasteiger partial charge in [0.1, 0.15) is 0 Å². The molecule has 0 saturated heterocycles. The molecule has 0 rings (SSSR count). The fourth-order valence-corrected chi connectivity index (χ4v) is 3.25. The zero-order valence-electron chi connectivity index (χ0n) is 3.65. The smallest absolute Gasteiger partial charge is 0.160 e. The van der Waals surface area contributed by atoms with Gasteiger partial charge < -0.3 is 0 Å². The summed E-state index contributed by atoms with van der Waals surface area (Å²) in [6.45, 7) is 0. The zero-order valence-corrected chi connectivity index (χ0v) is 7.69. The van der Waals surface area contributed by atoms with Gasteiger partial charge in [-0.3, -0.25) is 0 Å². The molecule has 0 aliphatic heterocycles. The van der Waals surface area contributed by atoms with E-state index in [0.717, 1.165) is 0 Å². The van der Waals surface area contributed by atoms with Crippen molar-refractivity contribution < 1.29 is 13.2 Å². The predicted octanol–water partition coefficient (Wildman–Crippen LogP) is 3.94. The molecule has 0 fully saturated rings. The largest absolute Gasteiger partial charge is 0.448 e. The summed E-state index contributed by atoms with van der Waals surface area (Å²) in [5, 5.41) is 0. The van der Waals surface area contributed by atoms with Crippen molar-refractivity contribution in [2.45, 2.75) is 5.51 Å². The molecule has 0 bridgehead atoms. The van der Waals surface area contributed by atoms with E-state index < -0.39 is 20.8 Å². The van der Waals surface area contributed by atoms with Gasteiger partial charge in [0.15, 0.2) is 3.95 Å². The third-order valence-corrected chi connectivity index (χ3v) is 3.80. The van der Waals surface area contributed by atoms with E-state index in [1.807, 2.05) is 0 Å². The molecule has 0 nitrogen and oxygen atoms in total. The second-order valence-corrected chi connectivity index (χ2v) is 12.9. The first-order chi connectivity index (χ1) is 3.71. The number of rotatable bonds is 1. The van der Waals surface area contributed by atoms with Gasteiger partial charge in [-0.05, 0) is 0 Å². The van der Waals surface area contributed by atoms with Crippen LogP contribution in [0.25, 0.3) is 0 Å². The van der Waals surface area contributed by atoms with Crippen molar-refractivity contribution in [2.75, 3.05) is 0 Å². The molecule has 8 heteroatoms. The minimum absolute atomic E-state index is 0.529. The van der Waals surface area contributed by atoms with Crippen LogP contribution in [0.1, 0.15) is 0 Å². The average Bonchev–Trinajstić information content (AvgIpc) is 1.14. The molecule has 9 heavy (non-hydrogen) atoms. The second-order valence-electron chi connectivity index (χ2n) is 0.951. The van der Waals surface area contributed by atoms with Crippen molar-refractivity contribution in [3.8, 4) is 0 Å². The topological polar surface area (TPSA) is 0 Å². The molecule has 0 aromatic rings. The van der Waals surface area contributed by atoms with E-state index in [2.05, 4.69) is 11.8 Å². The third-order valence-electron chi connectivity index (χ3n) is 0.210. The number of halogens is 5. The van der Waals surface area contributed by atoms with Crippen LogP contribution in [0.3, 0.4) is 0 Å². The van der Waals surface area contributed by atoms with Crippen molar-refractivity contribution in [2.24, 2.45) is 0 Å². The van der Waals surface area contributed by atoms with E-state index >= 15 is 0 Å². The van der Waals surface area contributed by atoms with Crippen LogP contribution in [0.4, 0.5) is 13.2 Å². The van der Waals surface area contributed by atoms with Crippen molar-refractivity contribution in [1.29, 1.82) is 0 Å². The Morgan fingerprint density at radius 2 is 1.67 bits per heavy atom. The van der Waals surface area contributed by atoms with E-state index in [9.17, 15) is 13.2 Å². The molecule has 0 saturated carbocycles. The van der Waals surface area contributed by atoms with Gasteiger partial charge in [0.05, 0.1) is 0 Å². The van der Waals surface area contributed by atoms with Crippen LogP contribution in [-0.4, -0.2) is 5.51 Å². The Morgan fingerprint density at radius 3 is 1.67 bits per heavy atom. The van der Waals surface area contributed by atoms with Gasteiger partial charge in [0, 0.05) is 11.4 Å². The van der Waals surface area contributed by atoms with Gasteiger partial charge in [-0.25, -0.2) is 0 Å². The number of alkyl halides is 3. The molecule has 0 spiro atoms. The molecular weight excluding hydrogens is 235 g/mol. The summed E-state index contributed by atoms with van der Waals surface area (Å²) in [6.07, 6.45) is 0. The molecule has 0 aromatic heterocycles. The highest BCUT2D eigenvalue weighted by Gasteiger charge is 2.35. The highest BCUT2D eigenvalue weighted by molar-refractivity contribution is 8.85. The van der Waals surface area contributed by atoms with Crippen LogP contribution in [0.5, 0.6) is 0 Å². The molecule has 0 unspecified atom stereocenters. The highest BCUT2D eigenvalue weighted by atomic mass is 35.9. The van der Waals surface area contributed by atoms with Gasteiger partial charge in [0.2, 0.25) is 0 Å². The van der Waals surface area contributed by atoms with Crippen LogP contribution in [0.2, 0.25) is 0 Å². The lowest BCUT2D eigenvalue weighted by atomic mass is 11.6. The molecule has 0 heterocycles. The van der Waals surface area contributed by atoms with E-state index in [1.165, 1.54) is 0 Å². The van der Waals surface area contributed by atoms with E-state index in [1.54, 1.807) is 0 Å². The maximum absolute atomic E-state index is 11.3. The Kier molecular flexibility index (Phi) is 3.66. The van der Waals surface area contributed by atoms with Gasteiger partial charge in [0.25, 0.3) is 0 Å². The van der Waals surface area contributed by atoms with E-state index in [-0.39, 0.29) is 0 Å². The molecule has 56 valence electrons. The summed E-state index contributed by atoms with van der Waals surface area (Å²) < 4.78 is 30.7. The molecule has 0 radical (unpaired) electrons. The SMILES string of the molecule is FC(F)(F)SP(=S)(Cl)Cl. The second kappa shape index (κ2) is 3.18. The van der Waals surface area contributed by atoms with Crippen molar-refractivity contribution in [3.05, 3.63) is 0 Å². The summed E-state index contributed by atoms with van der Waals surface area (Å²) in [6, 6.07) is 0. The maximum Gasteiger partial charge on any atom is 0.448 e.